The molecule has 1 fully saturated rings. The molecule has 0 bridgehead atoms. The summed E-state index contributed by atoms with van der Waals surface area (Å²) in [6, 6.07) is 0. The largest absolute Gasteiger partial charge is 0.377 e. The van der Waals surface area contributed by atoms with Crippen LogP contribution in [0.1, 0.15) is 39.0 Å². The van der Waals surface area contributed by atoms with E-state index < -0.39 is 10.0 Å². The van der Waals surface area contributed by atoms with Gasteiger partial charge in [-0.25, -0.2) is 8.42 Å². The number of unbranched alkanes of at least 4 members (excludes halogenated alkanes) is 1. The van der Waals surface area contributed by atoms with E-state index in [9.17, 15) is 8.42 Å². The topological polar surface area (TPSA) is 58.6 Å². The molecule has 0 aromatic rings. The van der Waals surface area contributed by atoms with E-state index in [0.717, 1.165) is 45.3 Å². The van der Waals surface area contributed by atoms with E-state index in [1.807, 2.05) is 7.05 Å². The second-order valence-electron chi connectivity index (χ2n) is 5.12. The second kappa shape index (κ2) is 8.89. The van der Waals surface area contributed by atoms with Crippen molar-refractivity contribution in [1.29, 1.82) is 0 Å². The van der Waals surface area contributed by atoms with Crippen LogP contribution in [0.2, 0.25) is 0 Å². The maximum atomic E-state index is 12.2. The van der Waals surface area contributed by atoms with Crippen LogP contribution in [-0.4, -0.2) is 57.9 Å². The first-order valence-electron chi connectivity index (χ1n) is 7.34. The van der Waals surface area contributed by atoms with Crippen molar-refractivity contribution in [2.45, 2.75) is 45.1 Å². The maximum absolute atomic E-state index is 12.2. The Morgan fingerprint density at radius 1 is 1.37 bits per heavy atom. The van der Waals surface area contributed by atoms with Gasteiger partial charge in [-0.05, 0) is 45.7 Å². The van der Waals surface area contributed by atoms with Crippen LogP contribution in [0.4, 0.5) is 0 Å². The first-order chi connectivity index (χ1) is 9.10. The zero-order chi connectivity index (χ0) is 14.1. The normalized spacial score (nSPS) is 21.7. The lowest BCUT2D eigenvalue weighted by atomic mass is 10.1. The highest BCUT2D eigenvalue weighted by molar-refractivity contribution is 7.89. The van der Waals surface area contributed by atoms with Gasteiger partial charge in [-0.1, -0.05) is 6.92 Å². The van der Waals surface area contributed by atoms with E-state index in [0.29, 0.717) is 13.1 Å². The number of hydrogen-bond donors (Lipinski definition) is 1. The molecule has 0 spiro atoms. The van der Waals surface area contributed by atoms with Gasteiger partial charge < -0.3 is 10.1 Å². The van der Waals surface area contributed by atoms with Crippen LogP contribution in [0.25, 0.3) is 0 Å². The summed E-state index contributed by atoms with van der Waals surface area (Å²) >= 11 is 0. The van der Waals surface area contributed by atoms with E-state index in [4.69, 9.17) is 4.74 Å². The van der Waals surface area contributed by atoms with Gasteiger partial charge >= 0.3 is 0 Å². The van der Waals surface area contributed by atoms with Crippen molar-refractivity contribution in [2.75, 3.05) is 39.0 Å². The van der Waals surface area contributed by atoms with Gasteiger partial charge in [0.15, 0.2) is 0 Å². The molecule has 0 amide bonds. The molecule has 114 valence electrons. The van der Waals surface area contributed by atoms with Gasteiger partial charge in [-0.3, -0.25) is 0 Å². The predicted molar refractivity (Wildman–Crippen MR) is 77.8 cm³/mol. The van der Waals surface area contributed by atoms with Crippen LogP contribution in [0, 0.1) is 0 Å². The summed E-state index contributed by atoms with van der Waals surface area (Å²) in [5.74, 6) is 0.259. The van der Waals surface area contributed by atoms with Gasteiger partial charge in [0, 0.05) is 19.7 Å². The number of nitrogens with one attached hydrogen (secondary N) is 1. The fourth-order valence-corrected chi connectivity index (χ4v) is 3.92. The van der Waals surface area contributed by atoms with Crippen molar-refractivity contribution in [3.05, 3.63) is 0 Å². The highest BCUT2D eigenvalue weighted by atomic mass is 32.2. The number of sulfonamides is 1. The van der Waals surface area contributed by atoms with E-state index in [1.54, 1.807) is 4.31 Å². The molecule has 19 heavy (non-hydrogen) atoms. The monoisotopic (exact) mass is 292 g/mol. The van der Waals surface area contributed by atoms with Crippen molar-refractivity contribution in [3.8, 4) is 0 Å². The molecule has 0 saturated carbocycles. The van der Waals surface area contributed by atoms with Gasteiger partial charge in [0.2, 0.25) is 10.0 Å². The van der Waals surface area contributed by atoms with Gasteiger partial charge in [-0.15, -0.1) is 0 Å². The zero-order valence-corrected chi connectivity index (χ0v) is 13.0. The minimum Gasteiger partial charge on any atom is -0.377 e. The fraction of sp³-hybridized carbons (Fsp3) is 1.00. The highest BCUT2D eigenvalue weighted by Gasteiger charge is 2.28. The average Bonchev–Trinajstić information content (AvgIpc) is 2.42. The van der Waals surface area contributed by atoms with E-state index in [2.05, 4.69) is 12.2 Å². The standard InChI is InChI=1S/C13H28N2O3S/c1-3-10-18-13-7-6-9-15(12-13)19(16,17)11-5-4-8-14-2/h13-14H,3-12H2,1-2H3. The molecule has 5 nitrogen and oxygen atoms in total. The van der Waals surface area contributed by atoms with E-state index >= 15 is 0 Å². The molecule has 1 rings (SSSR count). The van der Waals surface area contributed by atoms with Crippen LogP contribution >= 0.6 is 0 Å². The molecule has 1 saturated heterocycles. The summed E-state index contributed by atoms with van der Waals surface area (Å²) in [5, 5.41) is 3.04. The van der Waals surface area contributed by atoms with Crippen LogP contribution in [0.15, 0.2) is 0 Å². The van der Waals surface area contributed by atoms with Crippen molar-refractivity contribution in [2.24, 2.45) is 0 Å². The van der Waals surface area contributed by atoms with Gasteiger partial charge in [0.1, 0.15) is 0 Å². The Hall–Kier alpha value is -0.170. The third kappa shape index (κ3) is 6.21. The van der Waals surface area contributed by atoms with Crippen LogP contribution in [0.5, 0.6) is 0 Å². The third-order valence-electron chi connectivity index (χ3n) is 3.37. The maximum Gasteiger partial charge on any atom is 0.214 e. The molecule has 1 heterocycles. The SMILES string of the molecule is CCCOC1CCCN(S(=O)(=O)CCCCNC)C1. The molecule has 1 aliphatic heterocycles. The van der Waals surface area contributed by atoms with Crippen molar-refractivity contribution in [3.63, 3.8) is 0 Å². The van der Waals surface area contributed by atoms with Gasteiger partial charge in [0.05, 0.1) is 11.9 Å². The minimum absolute atomic E-state index is 0.0841. The molecule has 1 atom stereocenters. The molecule has 0 radical (unpaired) electrons. The summed E-state index contributed by atoms with van der Waals surface area (Å²) in [4.78, 5) is 0. The Morgan fingerprint density at radius 3 is 2.84 bits per heavy atom. The molecule has 0 aromatic heterocycles. The Morgan fingerprint density at radius 2 is 2.16 bits per heavy atom. The van der Waals surface area contributed by atoms with Gasteiger partial charge in [0.25, 0.3) is 0 Å². The molecule has 1 unspecified atom stereocenters. The molecule has 1 N–H and O–H groups in total. The summed E-state index contributed by atoms with van der Waals surface area (Å²) in [6.07, 6.45) is 4.57. The number of nitrogens with zero attached hydrogens (tertiary/aromatic N) is 1. The minimum atomic E-state index is -3.10. The molecule has 0 aliphatic carbocycles. The van der Waals surface area contributed by atoms with Crippen LogP contribution in [-0.2, 0) is 14.8 Å². The van der Waals surface area contributed by atoms with Crippen molar-refractivity contribution < 1.29 is 13.2 Å². The van der Waals surface area contributed by atoms with Gasteiger partial charge in [-0.2, -0.15) is 4.31 Å². The third-order valence-corrected chi connectivity index (χ3v) is 5.29. The van der Waals surface area contributed by atoms with Crippen molar-refractivity contribution in [1.82, 2.24) is 9.62 Å². The lowest BCUT2D eigenvalue weighted by Gasteiger charge is -2.31. The Kier molecular flexibility index (Phi) is 7.90. The Labute approximate surface area is 117 Å². The summed E-state index contributed by atoms with van der Waals surface area (Å²) in [5.41, 5.74) is 0. The van der Waals surface area contributed by atoms with Crippen LogP contribution < -0.4 is 5.32 Å². The van der Waals surface area contributed by atoms with E-state index in [-0.39, 0.29) is 11.9 Å². The lowest BCUT2D eigenvalue weighted by Crippen LogP contribution is -2.44. The first kappa shape index (κ1) is 16.9. The van der Waals surface area contributed by atoms with Crippen molar-refractivity contribution >= 4 is 10.0 Å². The molecular formula is C13H28N2O3S. The predicted octanol–water partition coefficient (Wildman–Crippen LogP) is 1.21. The second-order valence-corrected chi connectivity index (χ2v) is 7.21. The quantitative estimate of drug-likeness (QED) is 0.649. The average molecular weight is 292 g/mol. The number of ether oxygens (including phenoxy) is 1. The highest BCUT2D eigenvalue weighted by Crippen LogP contribution is 2.17. The first-order valence-corrected chi connectivity index (χ1v) is 8.95. The fourth-order valence-electron chi connectivity index (χ4n) is 2.29. The zero-order valence-electron chi connectivity index (χ0n) is 12.2. The molecule has 1 aliphatic rings. The number of rotatable bonds is 9. The Bertz CT molecular complexity index is 333. The molecular weight excluding hydrogens is 264 g/mol. The smallest absolute Gasteiger partial charge is 0.214 e. The Balaban J connectivity index is 2.39. The number of piperidine rings is 1. The molecule has 6 heteroatoms. The van der Waals surface area contributed by atoms with Crippen LogP contribution in [0.3, 0.4) is 0 Å². The summed E-state index contributed by atoms with van der Waals surface area (Å²) < 4.78 is 31.7. The summed E-state index contributed by atoms with van der Waals surface area (Å²) in [7, 11) is -1.21. The molecule has 0 aromatic carbocycles. The number of hydrogen-bond acceptors (Lipinski definition) is 4. The lowest BCUT2D eigenvalue weighted by molar-refractivity contribution is 0.0193. The van der Waals surface area contributed by atoms with E-state index in [1.165, 1.54) is 0 Å². The summed E-state index contributed by atoms with van der Waals surface area (Å²) in [6.45, 7) is 4.85.